The Kier molecular flexibility index (Phi) is 5.26. The van der Waals surface area contributed by atoms with Crippen molar-refractivity contribution in [3.63, 3.8) is 0 Å². The van der Waals surface area contributed by atoms with E-state index in [1.165, 1.54) is 22.3 Å². The molecule has 1 aliphatic carbocycles. The highest BCUT2D eigenvalue weighted by Crippen LogP contribution is 2.54. The molecule has 0 saturated heterocycles. The molecule has 0 unspecified atom stereocenters. The van der Waals surface area contributed by atoms with Gasteiger partial charge in [-0.05, 0) is 72.2 Å². The van der Waals surface area contributed by atoms with E-state index in [2.05, 4.69) is 68.3 Å². The Bertz CT molecular complexity index is 651. The summed E-state index contributed by atoms with van der Waals surface area (Å²) in [6, 6.07) is 12.9. The molecule has 122 valence electrons. The Morgan fingerprint density at radius 1 is 0.739 bits per heavy atom. The maximum Gasteiger partial charge on any atom is 0.0431 e. The van der Waals surface area contributed by atoms with Crippen molar-refractivity contribution >= 4 is 31.9 Å². The van der Waals surface area contributed by atoms with Gasteiger partial charge in [-0.1, -0.05) is 44.0 Å². The highest BCUT2D eigenvalue weighted by molar-refractivity contribution is 9.10. The van der Waals surface area contributed by atoms with E-state index in [9.17, 15) is 10.2 Å². The molecule has 0 bridgehead atoms. The Labute approximate surface area is 153 Å². The lowest BCUT2D eigenvalue weighted by Gasteiger charge is -2.32. The Morgan fingerprint density at radius 2 is 1.17 bits per heavy atom. The number of aliphatic hydroxyl groups is 2. The smallest absolute Gasteiger partial charge is 0.0431 e. The lowest BCUT2D eigenvalue weighted by atomic mass is 9.71. The normalized spacial score (nSPS) is 14.6. The molecule has 2 nitrogen and oxygen atoms in total. The van der Waals surface area contributed by atoms with Crippen LogP contribution in [0.3, 0.4) is 0 Å². The molecule has 0 aliphatic heterocycles. The number of benzene rings is 2. The molecular weight excluding hydrogens is 420 g/mol. The van der Waals surface area contributed by atoms with Crippen molar-refractivity contribution in [2.75, 3.05) is 13.2 Å². The van der Waals surface area contributed by atoms with E-state index in [1.54, 1.807) is 0 Å². The SMILES string of the molecule is OCCCC1(CCCO)c2cc(Br)ccc2-c2ccc(Br)cc21. The molecule has 0 radical (unpaired) electrons. The fraction of sp³-hybridized carbons (Fsp3) is 0.368. The van der Waals surface area contributed by atoms with Gasteiger partial charge >= 0.3 is 0 Å². The Morgan fingerprint density at radius 3 is 1.57 bits per heavy atom. The van der Waals surface area contributed by atoms with E-state index in [4.69, 9.17) is 0 Å². The Balaban J connectivity index is 2.23. The maximum absolute atomic E-state index is 9.40. The lowest BCUT2D eigenvalue weighted by Crippen LogP contribution is -2.26. The third-order valence-corrected chi connectivity index (χ3v) is 5.79. The number of hydrogen-bond donors (Lipinski definition) is 2. The highest BCUT2D eigenvalue weighted by Gasteiger charge is 2.42. The number of hydrogen-bond acceptors (Lipinski definition) is 2. The molecule has 4 heteroatoms. The summed E-state index contributed by atoms with van der Waals surface area (Å²) in [6.07, 6.45) is 3.28. The van der Waals surface area contributed by atoms with Crippen LogP contribution in [0.25, 0.3) is 11.1 Å². The summed E-state index contributed by atoms with van der Waals surface area (Å²) in [5, 5.41) is 18.8. The highest BCUT2D eigenvalue weighted by atomic mass is 79.9. The van der Waals surface area contributed by atoms with Crippen LogP contribution in [0.4, 0.5) is 0 Å². The second-order valence-electron chi connectivity index (χ2n) is 6.12. The van der Waals surface area contributed by atoms with Crippen molar-refractivity contribution in [1.29, 1.82) is 0 Å². The van der Waals surface area contributed by atoms with Crippen molar-refractivity contribution < 1.29 is 10.2 Å². The minimum absolute atomic E-state index is 0.135. The summed E-state index contributed by atoms with van der Waals surface area (Å²) in [6.45, 7) is 0.376. The molecule has 0 fully saturated rings. The van der Waals surface area contributed by atoms with Crippen LogP contribution in [0.2, 0.25) is 0 Å². The first kappa shape index (κ1) is 17.2. The summed E-state index contributed by atoms with van der Waals surface area (Å²) >= 11 is 7.21. The second-order valence-corrected chi connectivity index (χ2v) is 7.95. The van der Waals surface area contributed by atoms with Crippen LogP contribution in [0.5, 0.6) is 0 Å². The van der Waals surface area contributed by atoms with Crippen molar-refractivity contribution in [3.8, 4) is 11.1 Å². The van der Waals surface area contributed by atoms with Gasteiger partial charge in [-0.2, -0.15) is 0 Å². The van der Waals surface area contributed by atoms with Gasteiger partial charge in [-0.25, -0.2) is 0 Å². The number of rotatable bonds is 6. The van der Waals surface area contributed by atoms with E-state index in [-0.39, 0.29) is 18.6 Å². The topological polar surface area (TPSA) is 40.5 Å². The van der Waals surface area contributed by atoms with Crippen LogP contribution < -0.4 is 0 Å². The molecule has 23 heavy (non-hydrogen) atoms. The van der Waals surface area contributed by atoms with Crippen LogP contribution >= 0.6 is 31.9 Å². The van der Waals surface area contributed by atoms with Crippen LogP contribution in [0.1, 0.15) is 36.8 Å². The first-order valence-corrected chi connectivity index (χ1v) is 9.53. The van der Waals surface area contributed by atoms with Gasteiger partial charge < -0.3 is 10.2 Å². The van der Waals surface area contributed by atoms with Gasteiger partial charge in [0.05, 0.1) is 0 Å². The summed E-state index contributed by atoms with van der Waals surface area (Å²) in [5.41, 5.74) is 5.02. The molecule has 0 amide bonds. The minimum atomic E-state index is -0.135. The van der Waals surface area contributed by atoms with E-state index in [0.29, 0.717) is 0 Å². The van der Waals surface area contributed by atoms with Gasteiger partial charge in [0.15, 0.2) is 0 Å². The molecule has 2 aromatic carbocycles. The first-order chi connectivity index (χ1) is 11.1. The molecule has 0 heterocycles. The zero-order valence-electron chi connectivity index (χ0n) is 12.9. The van der Waals surface area contributed by atoms with E-state index >= 15 is 0 Å². The monoisotopic (exact) mass is 438 g/mol. The van der Waals surface area contributed by atoms with Crippen LogP contribution in [0, 0.1) is 0 Å². The molecule has 2 N–H and O–H groups in total. The third-order valence-electron chi connectivity index (χ3n) is 4.81. The minimum Gasteiger partial charge on any atom is -0.396 e. The van der Waals surface area contributed by atoms with E-state index in [1.807, 2.05) is 0 Å². The van der Waals surface area contributed by atoms with Gasteiger partial charge in [0.1, 0.15) is 0 Å². The predicted octanol–water partition coefficient (Wildman–Crippen LogP) is 5.02. The van der Waals surface area contributed by atoms with Crippen molar-refractivity contribution in [2.45, 2.75) is 31.1 Å². The van der Waals surface area contributed by atoms with E-state index < -0.39 is 0 Å². The largest absolute Gasteiger partial charge is 0.396 e. The predicted molar refractivity (Wildman–Crippen MR) is 101 cm³/mol. The second kappa shape index (κ2) is 7.06. The fourth-order valence-electron chi connectivity index (χ4n) is 3.86. The van der Waals surface area contributed by atoms with Crippen molar-refractivity contribution in [1.82, 2.24) is 0 Å². The average Bonchev–Trinajstić information content (AvgIpc) is 2.80. The van der Waals surface area contributed by atoms with Crippen LogP contribution in [-0.2, 0) is 5.41 Å². The molecule has 1 aliphatic rings. The van der Waals surface area contributed by atoms with Crippen LogP contribution in [-0.4, -0.2) is 23.4 Å². The lowest BCUT2D eigenvalue weighted by molar-refractivity contribution is 0.247. The number of aliphatic hydroxyl groups excluding tert-OH is 2. The summed E-state index contributed by atoms with van der Waals surface area (Å²) in [4.78, 5) is 0. The average molecular weight is 440 g/mol. The first-order valence-electron chi connectivity index (χ1n) is 7.94. The van der Waals surface area contributed by atoms with Crippen molar-refractivity contribution in [3.05, 3.63) is 56.5 Å². The number of fused-ring (bicyclic) bond motifs is 3. The van der Waals surface area contributed by atoms with Crippen LogP contribution in [0.15, 0.2) is 45.3 Å². The summed E-state index contributed by atoms with van der Waals surface area (Å²) in [7, 11) is 0. The summed E-state index contributed by atoms with van der Waals surface area (Å²) in [5.74, 6) is 0. The molecule has 2 aromatic rings. The molecular formula is C19H20Br2O2. The fourth-order valence-corrected chi connectivity index (χ4v) is 4.59. The molecule has 3 rings (SSSR count). The van der Waals surface area contributed by atoms with Gasteiger partial charge in [-0.3, -0.25) is 0 Å². The molecule has 0 spiro atoms. The van der Waals surface area contributed by atoms with Gasteiger partial charge in [0.25, 0.3) is 0 Å². The third kappa shape index (κ3) is 3.02. The summed E-state index contributed by atoms with van der Waals surface area (Å²) < 4.78 is 2.14. The zero-order chi connectivity index (χ0) is 16.4. The number of halogens is 2. The zero-order valence-corrected chi connectivity index (χ0v) is 16.0. The molecule has 0 atom stereocenters. The quantitative estimate of drug-likeness (QED) is 0.663. The van der Waals surface area contributed by atoms with Gasteiger partial charge in [-0.15, -0.1) is 0 Å². The standard InChI is InChI=1S/C19H20Br2O2/c20-13-3-5-15-16-6-4-14(21)12-18(16)19(7-1-9-22,8-2-10-23)17(15)11-13/h3-6,11-12,22-23H,1-2,7-10H2. The van der Waals surface area contributed by atoms with Gasteiger partial charge in [0.2, 0.25) is 0 Å². The molecule has 0 saturated carbocycles. The molecule has 0 aromatic heterocycles. The van der Waals surface area contributed by atoms with E-state index in [0.717, 1.165) is 34.6 Å². The van der Waals surface area contributed by atoms with Gasteiger partial charge in [0, 0.05) is 27.6 Å². The van der Waals surface area contributed by atoms with Crippen molar-refractivity contribution in [2.24, 2.45) is 0 Å². The maximum atomic E-state index is 9.40. The Hall–Kier alpha value is -0.680.